The average Bonchev–Trinajstić information content (AvgIpc) is 3.52. The zero-order valence-electron chi connectivity index (χ0n) is 24.5. The van der Waals surface area contributed by atoms with Gasteiger partial charge in [0.25, 0.3) is 0 Å². The van der Waals surface area contributed by atoms with Gasteiger partial charge in [0.05, 0.1) is 5.92 Å². The molecular formula is C33H52F3NO. The highest BCUT2D eigenvalue weighted by atomic mass is 19.4. The molecule has 4 aliphatic rings. The highest BCUT2D eigenvalue weighted by Crippen LogP contribution is 2.56. The Kier molecular flexibility index (Phi) is 9.78. The van der Waals surface area contributed by atoms with E-state index in [1.54, 1.807) is 0 Å². The summed E-state index contributed by atoms with van der Waals surface area (Å²) in [6, 6.07) is -0.526. The van der Waals surface area contributed by atoms with E-state index < -0.39 is 24.1 Å². The van der Waals surface area contributed by atoms with E-state index in [1.165, 1.54) is 31.3 Å². The standard InChI is InChI=1S/C33H52F3NO/c1-6-8-24-9-7-10-25(13-12-24)14-16-28-21(3)17-27(19-30(28)33(34,35)36)37-32(38)26-15-11-20(2)29(18-26)31-22(4)23(31)5/h14,17,20,22-24,26-31H,6-13,15-16,18-19H2,1-5H3,(H,37,38). The van der Waals surface area contributed by atoms with Crippen LogP contribution in [-0.4, -0.2) is 18.1 Å². The van der Waals surface area contributed by atoms with Gasteiger partial charge in [-0.25, -0.2) is 0 Å². The zero-order valence-corrected chi connectivity index (χ0v) is 24.5. The van der Waals surface area contributed by atoms with Crippen LogP contribution in [0, 0.1) is 53.3 Å². The van der Waals surface area contributed by atoms with E-state index in [1.807, 2.05) is 13.0 Å². The fourth-order valence-corrected chi connectivity index (χ4v) is 8.46. The van der Waals surface area contributed by atoms with Gasteiger partial charge in [0.2, 0.25) is 5.91 Å². The molecule has 0 heterocycles. The van der Waals surface area contributed by atoms with Crippen molar-refractivity contribution < 1.29 is 18.0 Å². The first-order valence-electron chi connectivity index (χ1n) is 15.7. The maximum Gasteiger partial charge on any atom is 0.392 e. The number of carbonyl (C=O) groups excluding carboxylic acids is 1. The third kappa shape index (κ3) is 7.08. The lowest BCUT2D eigenvalue weighted by molar-refractivity contribution is -0.190. The summed E-state index contributed by atoms with van der Waals surface area (Å²) in [6.45, 7) is 11.0. The molecule has 0 aliphatic heterocycles. The molecule has 4 aliphatic carbocycles. The Morgan fingerprint density at radius 2 is 1.79 bits per heavy atom. The lowest BCUT2D eigenvalue weighted by Gasteiger charge is -2.38. The Balaban J connectivity index is 1.39. The van der Waals surface area contributed by atoms with Gasteiger partial charge in [0.15, 0.2) is 0 Å². The van der Waals surface area contributed by atoms with E-state index in [4.69, 9.17) is 0 Å². The van der Waals surface area contributed by atoms with Crippen molar-refractivity contribution in [2.75, 3.05) is 0 Å². The Morgan fingerprint density at radius 3 is 2.45 bits per heavy atom. The molecule has 2 nitrogen and oxygen atoms in total. The first-order valence-corrected chi connectivity index (χ1v) is 15.7. The highest BCUT2D eigenvalue weighted by molar-refractivity contribution is 5.79. The second-order valence-corrected chi connectivity index (χ2v) is 13.6. The molecule has 216 valence electrons. The van der Waals surface area contributed by atoms with Crippen LogP contribution in [0.2, 0.25) is 0 Å². The topological polar surface area (TPSA) is 29.1 Å². The molecule has 9 atom stereocenters. The summed E-state index contributed by atoms with van der Waals surface area (Å²) in [6.07, 6.45) is 11.1. The van der Waals surface area contributed by atoms with Gasteiger partial charge < -0.3 is 5.32 Å². The molecule has 0 aromatic carbocycles. The number of hydrogen-bond acceptors (Lipinski definition) is 1. The molecule has 1 N–H and O–H groups in total. The molecule has 0 aromatic rings. The quantitative estimate of drug-likeness (QED) is 0.255. The number of rotatable bonds is 7. The average molecular weight is 536 g/mol. The second kappa shape index (κ2) is 12.5. The van der Waals surface area contributed by atoms with E-state index in [2.05, 4.69) is 39.1 Å². The molecular weight excluding hydrogens is 483 g/mol. The Hall–Kier alpha value is -1.26. The molecule has 0 radical (unpaired) electrons. The van der Waals surface area contributed by atoms with E-state index in [0.717, 1.165) is 61.9 Å². The summed E-state index contributed by atoms with van der Waals surface area (Å²) in [7, 11) is 0. The van der Waals surface area contributed by atoms with Crippen molar-refractivity contribution in [3.05, 3.63) is 23.3 Å². The SMILES string of the molecule is CCCC1CCCC(=CCC2C(C)=CC(NC(=O)C3CCC(C)C(C4C(C)C4C)C3)CC2C(F)(F)F)CC1. The number of amides is 1. The Bertz CT molecular complexity index is 868. The van der Waals surface area contributed by atoms with Crippen molar-refractivity contribution in [1.82, 2.24) is 5.32 Å². The fourth-order valence-electron chi connectivity index (χ4n) is 8.46. The molecule has 0 spiro atoms. The molecule has 0 aromatic heterocycles. The molecule has 9 unspecified atom stereocenters. The molecule has 5 heteroatoms. The van der Waals surface area contributed by atoms with Crippen LogP contribution >= 0.6 is 0 Å². The van der Waals surface area contributed by atoms with E-state index in [-0.39, 0.29) is 18.2 Å². The first kappa shape index (κ1) is 29.7. The van der Waals surface area contributed by atoms with Crippen LogP contribution in [0.15, 0.2) is 23.3 Å². The van der Waals surface area contributed by atoms with Crippen LogP contribution < -0.4 is 5.32 Å². The van der Waals surface area contributed by atoms with Crippen molar-refractivity contribution in [2.45, 2.75) is 124 Å². The molecule has 3 saturated carbocycles. The lowest BCUT2D eigenvalue weighted by atomic mass is 9.71. The highest BCUT2D eigenvalue weighted by Gasteiger charge is 2.51. The number of halogens is 3. The number of carbonyl (C=O) groups is 1. The number of alkyl halides is 3. The summed E-state index contributed by atoms with van der Waals surface area (Å²) >= 11 is 0. The fraction of sp³-hybridized carbons (Fsp3) is 0.848. The summed E-state index contributed by atoms with van der Waals surface area (Å²) in [5, 5.41) is 3.06. The van der Waals surface area contributed by atoms with Crippen molar-refractivity contribution in [3.63, 3.8) is 0 Å². The zero-order chi connectivity index (χ0) is 27.6. The van der Waals surface area contributed by atoms with Crippen LogP contribution in [0.4, 0.5) is 13.2 Å². The van der Waals surface area contributed by atoms with Crippen LogP contribution in [0.25, 0.3) is 0 Å². The van der Waals surface area contributed by atoms with Gasteiger partial charge in [-0.05, 0) is 106 Å². The van der Waals surface area contributed by atoms with Gasteiger partial charge in [0, 0.05) is 12.0 Å². The van der Waals surface area contributed by atoms with Gasteiger partial charge in [-0.1, -0.05) is 70.3 Å². The normalized spacial score (nSPS) is 41.4. The Morgan fingerprint density at radius 1 is 1.05 bits per heavy atom. The van der Waals surface area contributed by atoms with Crippen LogP contribution in [0.1, 0.15) is 112 Å². The monoisotopic (exact) mass is 535 g/mol. The minimum absolute atomic E-state index is 0.0292. The van der Waals surface area contributed by atoms with E-state index in [9.17, 15) is 18.0 Å². The summed E-state index contributed by atoms with van der Waals surface area (Å²) < 4.78 is 42.9. The second-order valence-electron chi connectivity index (χ2n) is 13.6. The van der Waals surface area contributed by atoms with Gasteiger partial charge >= 0.3 is 6.18 Å². The minimum atomic E-state index is -4.26. The third-order valence-electron chi connectivity index (χ3n) is 11.2. The summed E-state index contributed by atoms with van der Waals surface area (Å²) in [5.41, 5.74) is 2.14. The summed E-state index contributed by atoms with van der Waals surface area (Å²) in [4.78, 5) is 13.3. The van der Waals surface area contributed by atoms with Gasteiger partial charge in [-0.3, -0.25) is 4.79 Å². The molecule has 4 rings (SSSR count). The van der Waals surface area contributed by atoms with Crippen molar-refractivity contribution in [3.8, 4) is 0 Å². The predicted molar refractivity (Wildman–Crippen MR) is 149 cm³/mol. The van der Waals surface area contributed by atoms with Crippen LogP contribution in [-0.2, 0) is 4.79 Å². The number of nitrogens with one attached hydrogen (secondary N) is 1. The van der Waals surface area contributed by atoms with Crippen LogP contribution in [0.3, 0.4) is 0 Å². The number of hydrogen-bond donors (Lipinski definition) is 1. The van der Waals surface area contributed by atoms with Crippen molar-refractivity contribution in [1.29, 1.82) is 0 Å². The molecule has 0 bridgehead atoms. The molecule has 38 heavy (non-hydrogen) atoms. The first-order chi connectivity index (χ1) is 18.0. The van der Waals surface area contributed by atoms with Crippen molar-refractivity contribution in [2.24, 2.45) is 53.3 Å². The maximum atomic E-state index is 14.3. The smallest absolute Gasteiger partial charge is 0.350 e. The Labute approximate surface area is 229 Å². The number of allylic oxidation sites excluding steroid dienone is 3. The molecule has 1 amide bonds. The largest absolute Gasteiger partial charge is 0.392 e. The molecule has 0 saturated heterocycles. The predicted octanol–water partition coefficient (Wildman–Crippen LogP) is 9.27. The van der Waals surface area contributed by atoms with E-state index >= 15 is 0 Å². The van der Waals surface area contributed by atoms with E-state index in [0.29, 0.717) is 24.2 Å². The maximum absolute atomic E-state index is 14.3. The van der Waals surface area contributed by atoms with Crippen LogP contribution in [0.5, 0.6) is 0 Å². The van der Waals surface area contributed by atoms with Gasteiger partial charge in [0.1, 0.15) is 0 Å². The third-order valence-corrected chi connectivity index (χ3v) is 11.2. The molecule has 3 fully saturated rings. The summed E-state index contributed by atoms with van der Waals surface area (Å²) in [5.74, 6) is 2.09. The lowest BCUT2D eigenvalue weighted by Crippen LogP contribution is -2.46. The minimum Gasteiger partial charge on any atom is -0.350 e. The van der Waals surface area contributed by atoms with Crippen molar-refractivity contribution >= 4 is 5.91 Å². The van der Waals surface area contributed by atoms with Gasteiger partial charge in [-0.15, -0.1) is 0 Å². The van der Waals surface area contributed by atoms with Gasteiger partial charge in [-0.2, -0.15) is 13.2 Å².